The van der Waals surface area contributed by atoms with Crippen molar-refractivity contribution in [3.05, 3.63) is 12.3 Å². The van der Waals surface area contributed by atoms with E-state index in [0.29, 0.717) is 50.7 Å². The summed E-state index contributed by atoms with van der Waals surface area (Å²) in [5.74, 6) is -4.48. The summed E-state index contributed by atoms with van der Waals surface area (Å²) in [6.07, 6.45) is 7.57. The van der Waals surface area contributed by atoms with Gasteiger partial charge in [0.05, 0.1) is 28.6 Å². The van der Waals surface area contributed by atoms with Crippen molar-refractivity contribution in [2.24, 2.45) is 115 Å². The van der Waals surface area contributed by atoms with Crippen molar-refractivity contribution in [3.63, 3.8) is 0 Å². The molecule has 2 spiro atoms. The van der Waals surface area contributed by atoms with E-state index in [9.17, 15) is 34.2 Å². The zero-order chi connectivity index (χ0) is 43.0. The van der Waals surface area contributed by atoms with Crippen LogP contribution in [0.1, 0.15) is 132 Å². The zero-order valence-corrected chi connectivity index (χ0v) is 37.0. The van der Waals surface area contributed by atoms with E-state index in [1.807, 2.05) is 13.8 Å². The number of hydrogen-bond acceptors (Lipinski definition) is 9. The summed E-state index contributed by atoms with van der Waals surface area (Å²) in [4.78, 5) is 82.9. The lowest BCUT2D eigenvalue weighted by atomic mass is 9.31. The van der Waals surface area contributed by atoms with Gasteiger partial charge in [0.15, 0.2) is 0 Å². The highest BCUT2D eigenvalue weighted by Gasteiger charge is 2.81. The normalized spacial score (nSPS) is 54.7. The van der Waals surface area contributed by atoms with Crippen LogP contribution in [0.4, 0.5) is 0 Å². The van der Waals surface area contributed by atoms with Gasteiger partial charge in [-0.3, -0.25) is 24.0 Å². The molecule has 330 valence electrons. The highest BCUT2D eigenvalue weighted by molar-refractivity contribution is 5.98. The van der Waals surface area contributed by atoms with E-state index < -0.39 is 75.0 Å². The molecule has 0 radical (unpaired) electrons. The predicted molar refractivity (Wildman–Crippen MR) is 216 cm³/mol. The monoisotopic (exact) mass is 832 g/mol. The quantitative estimate of drug-likeness (QED) is 0.110. The second-order valence-corrected chi connectivity index (χ2v) is 23.8. The Morgan fingerprint density at radius 3 is 1.47 bits per heavy atom. The number of carbonyl (C=O) groups excluding carboxylic acids is 3. The van der Waals surface area contributed by atoms with E-state index in [4.69, 9.17) is 19.2 Å². The largest absolute Gasteiger partial charge is 0.481 e. The molecule has 12 fully saturated rings. The molecule has 12 rings (SSSR count). The number of fused-ring (bicyclic) bond motifs is 4. The third-order valence-electron chi connectivity index (χ3n) is 21.5. The SMILES string of the molecule is C=C1OC(=O)C2C3CC4C5(C)CCCC(C)(C(=O)O)C5CCC4(C(OOC4C(C(C)C)C5CC6C7(C)CCCC(C)(C(=O)O)C7CCC46C4C(=O)OC(=O)C54)C3C(C)C)C12. The van der Waals surface area contributed by atoms with Crippen molar-refractivity contribution < 1.29 is 53.4 Å². The van der Waals surface area contributed by atoms with Gasteiger partial charge < -0.3 is 19.7 Å². The third kappa shape index (κ3) is 4.68. The highest BCUT2D eigenvalue weighted by Crippen LogP contribution is 2.80. The maximum atomic E-state index is 14.2. The number of hydrogen-bond donors (Lipinski definition) is 2. The summed E-state index contributed by atoms with van der Waals surface area (Å²) < 4.78 is 11.6. The van der Waals surface area contributed by atoms with Crippen molar-refractivity contribution >= 4 is 29.8 Å². The Morgan fingerprint density at radius 1 is 0.617 bits per heavy atom. The van der Waals surface area contributed by atoms with Gasteiger partial charge in [-0.15, -0.1) is 0 Å². The number of aliphatic carboxylic acids is 2. The van der Waals surface area contributed by atoms with E-state index in [2.05, 4.69) is 48.1 Å². The fourth-order valence-electron chi connectivity index (χ4n) is 19.6. The van der Waals surface area contributed by atoms with Gasteiger partial charge in [0.25, 0.3) is 0 Å². The van der Waals surface area contributed by atoms with Crippen LogP contribution in [0, 0.1) is 115 Å². The molecule has 10 saturated carbocycles. The molecule has 60 heavy (non-hydrogen) atoms. The Bertz CT molecular complexity index is 1810. The van der Waals surface area contributed by atoms with Gasteiger partial charge in [-0.2, -0.15) is 0 Å². The van der Waals surface area contributed by atoms with Gasteiger partial charge in [-0.05, 0) is 148 Å². The number of ether oxygens (including phenoxy) is 2. The van der Waals surface area contributed by atoms with Crippen LogP contribution < -0.4 is 0 Å². The molecule has 2 N–H and O–H groups in total. The molecule has 2 saturated heterocycles. The summed E-state index contributed by atoms with van der Waals surface area (Å²) in [6.45, 7) is 21.6. The summed E-state index contributed by atoms with van der Waals surface area (Å²) in [5, 5.41) is 21.5. The van der Waals surface area contributed by atoms with Crippen LogP contribution in [0.15, 0.2) is 12.3 Å². The summed E-state index contributed by atoms with van der Waals surface area (Å²) in [6, 6.07) is 0. The Labute approximate surface area is 354 Å². The minimum atomic E-state index is -0.897. The minimum Gasteiger partial charge on any atom is -0.481 e. The number of esters is 3. The van der Waals surface area contributed by atoms with Crippen molar-refractivity contribution in [1.82, 2.24) is 0 Å². The first-order valence-electron chi connectivity index (χ1n) is 23.6. The van der Waals surface area contributed by atoms with E-state index in [1.54, 1.807) is 0 Å². The average Bonchev–Trinajstić information content (AvgIpc) is 3.67. The average molecular weight is 833 g/mol. The van der Waals surface area contributed by atoms with Gasteiger partial charge >= 0.3 is 29.8 Å². The molecule has 4 bridgehead atoms. The number of allylic oxidation sites excluding steroid dienone is 1. The lowest BCUT2D eigenvalue weighted by molar-refractivity contribution is -0.456. The van der Waals surface area contributed by atoms with Crippen molar-refractivity contribution in [1.29, 1.82) is 0 Å². The fourth-order valence-corrected chi connectivity index (χ4v) is 19.6. The molecule has 12 aliphatic rings. The molecule has 20 unspecified atom stereocenters. The number of carboxylic acid groups (broad SMARTS) is 2. The lowest BCUT2D eigenvalue weighted by Gasteiger charge is -2.73. The van der Waals surface area contributed by atoms with Crippen LogP contribution in [-0.2, 0) is 43.2 Å². The molecule has 0 amide bonds. The number of carboxylic acids is 2. The molecule has 20 atom stereocenters. The molecule has 0 aromatic heterocycles. The predicted octanol–water partition coefficient (Wildman–Crippen LogP) is 8.49. The van der Waals surface area contributed by atoms with Gasteiger partial charge in [0.2, 0.25) is 0 Å². The van der Waals surface area contributed by atoms with E-state index in [0.717, 1.165) is 32.1 Å². The molecular formula is C49H68O11. The molecule has 11 heteroatoms. The van der Waals surface area contributed by atoms with E-state index >= 15 is 0 Å². The van der Waals surface area contributed by atoms with Crippen LogP contribution in [0.2, 0.25) is 0 Å². The van der Waals surface area contributed by atoms with Gasteiger partial charge in [-0.25, -0.2) is 9.78 Å². The standard InChI is InChI=1S/C49H68O11/c1-22(2)31-25-20-29-44(6)14-10-16-46(8,42(53)54)27(44)12-18-48(29,35-24(5)57-39(50)33(25)35)37(31)59-60-38-32(23(3)4)26-21-30-45(7)15-11-17-47(9,43(55)56)28(45)13-19-49(30,38)36-34(26)40(51)58-41(36)52/h22-23,25-38H,5,10-21H2,1-4,6-9H3,(H,53,54)(H,55,56). The first kappa shape index (κ1) is 41.2. The topological polar surface area (TPSA) is 163 Å². The van der Waals surface area contributed by atoms with Crippen LogP contribution in [0.3, 0.4) is 0 Å². The first-order chi connectivity index (χ1) is 28.2. The van der Waals surface area contributed by atoms with E-state index in [1.165, 1.54) is 0 Å². The van der Waals surface area contributed by atoms with E-state index in [-0.39, 0.29) is 82.4 Å². The number of rotatable bonds is 7. The maximum Gasteiger partial charge on any atom is 0.318 e. The maximum absolute atomic E-state index is 14.2. The lowest BCUT2D eigenvalue weighted by Crippen LogP contribution is -2.74. The van der Waals surface area contributed by atoms with Gasteiger partial charge in [0.1, 0.15) is 18.0 Å². The van der Waals surface area contributed by atoms with Crippen LogP contribution in [-0.4, -0.2) is 52.3 Å². The Hall–Kier alpha value is -2.79. The van der Waals surface area contributed by atoms with Crippen molar-refractivity contribution in [2.75, 3.05) is 0 Å². The number of cyclic esters (lactones) is 3. The minimum absolute atomic E-state index is 0.0375. The van der Waals surface area contributed by atoms with Crippen LogP contribution >= 0.6 is 0 Å². The second-order valence-electron chi connectivity index (χ2n) is 23.8. The molecule has 0 aromatic rings. The summed E-state index contributed by atoms with van der Waals surface area (Å²) >= 11 is 0. The van der Waals surface area contributed by atoms with Crippen LogP contribution in [0.25, 0.3) is 0 Å². The molecule has 2 aliphatic heterocycles. The molecule has 2 heterocycles. The molecule has 0 aromatic carbocycles. The van der Waals surface area contributed by atoms with Crippen molar-refractivity contribution in [3.8, 4) is 0 Å². The van der Waals surface area contributed by atoms with Gasteiger partial charge in [-0.1, -0.05) is 61.0 Å². The second kappa shape index (κ2) is 12.9. The summed E-state index contributed by atoms with van der Waals surface area (Å²) in [7, 11) is 0. The van der Waals surface area contributed by atoms with Crippen molar-refractivity contribution in [2.45, 2.75) is 145 Å². The Morgan fingerprint density at radius 2 is 1.03 bits per heavy atom. The van der Waals surface area contributed by atoms with Crippen LogP contribution in [0.5, 0.6) is 0 Å². The van der Waals surface area contributed by atoms with Gasteiger partial charge in [0, 0.05) is 16.7 Å². The zero-order valence-electron chi connectivity index (χ0n) is 37.0. The molecular weight excluding hydrogens is 765 g/mol. The fraction of sp³-hybridized carbons (Fsp3) is 0.857. The smallest absolute Gasteiger partial charge is 0.318 e. The number of carbonyl (C=O) groups is 5. The first-order valence-corrected chi connectivity index (χ1v) is 23.6. The third-order valence-corrected chi connectivity index (χ3v) is 21.5. The molecule has 10 aliphatic carbocycles. The highest BCUT2D eigenvalue weighted by atomic mass is 17.2. The molecule has 11 nitrogen and oxygen atoms in total. The Kier molecular flexibility index (Phi) is 8.87. The Balaban J connectivity index is 1.10. The summed E-state index contributed by atoms with van der Waals surface area (Å²) in [5.41, 5.74) is -3.92.